The summed E-state index contributed by atoms with van der Waals surface area (Å²) >= 11 is 1.64. The van der Waals surface area contributed by atoms with Gasteiger partial charge in [-0.3, -0.25) is 14.3 Å². The Balaban J connectivity index is 1.37. The number of rotatable bonds is 6. The Hall–Kier alpha value is -3.76. The number of aromatic nitrogens is 4. The molecule has 1 aromatic carbocycles. The Morgan fingerprint density at radius 2 is 1.97 bits per heavy atom. The van der Waals surface area contributed by atoms with E-state index in [1.165, 1.54) is 20.6 Å². The summed E-state index contributed by atoms with van der Waals surface area (Å²) in [5.74, 6) is 0.152. The van der Waals surface area contributed by atoms with E-state index in [0.29, 0.717) is 41.3 Å². The Kier molecular flexibility index (Phi) is 6.19. The number of aliphatic hydroxyl groups excluding tert-OH is 1. The molecule has 0 saturated heterocycles. The highest BCUT2D eigenvalue weighted by Gasteiger charge is 2.38. The quantitative estimate of drug-likeness (QED) is 0.375. The van der Waals surface area contributed by atoms with E-state index in [2.05, 4.69) is 29.2 Å². The van der Waals surface area contributed by atoms with Crippen LogP contribution in [0.5, 0.6) is 0 Å². The van der Waals surface area contributed by atoms with Crippen LogP contribution in [0.4, 0.5) is 17.2 Å². The van der Waals surface area contributed by atoms with Crippen LogP contribution in [-0.4, -0.2) is 36.9 Å². The molecule has 4 heterocycles. The zero-order valence-electron chi connectivity index (χ0n) is 22.6. The van der Waals surface area contributed by atoms with Crippen molar-refractivity contribution < 1.29 is 9.90 Å². The molecule has 9 nitrogen and oxygen atoms in total. The van der Waals surface area contributed by atoms with Crippen molar-refractivity contribution in [1.29, 1.82) is 0 Å². The maximum atomic E-state index is 13.8. The minimum Gasteiger partial charge on any atom is -0.392 e. The van der Waals surface area contributed by atoms with Gasteiger partial charge in [0.15, 0.2) is 5.82 Å². The van der Waals surface area contributed by atoms with E-state index in [9.17, 15) is 14.7 Å². The molecule has 2 N–H and O–H groups in total. The Bertz CT molecular complexity index is 1660. The van der Waals surface area contributed by atoms with Crippen molar-refractivity contribution in [3.05, 3.63) is 73.6 Å². The van der Waals surface area contributed by atoms with Gasteiger partial charge in [0.2, 0.25) is 0 Å². The van der Waals surface area contributed by atoms with Crippen LogP contribution in [0.1, 0.15) is 52.0 Å². The van der Waals surface area contributed by atoms with E-state index >= 15 is 0 Å². The van der Waals surface area contributed by atoms with Gasteiger partial charge in [-0.2, -0.15) is 5.10 Å². The molecule has 0 spiro atoms. The topological polar surface area (TPSA) is 105 Å². The Labute approximate surface area is 230 Å². The molecule has 0 atom stereocenters. The van der Waals surface area contributed by atoms with Gasteiger partial charge >= 0.3 is 0 Å². The number of hydrogen-bond donors (Lipinski definition) is 2. The molecule has 202 valence electrons. The molecular weight excluding hydrogens is 512 g/mol. The normalized spacial score (nSPS) is 15.9. The van der Waals surface area contributed by atoms with Gasteiger partial charge in [-0.15, -0.1) is 11.3 Å². The molecule has 1 amide bonds. The lowest BCUT2D eigenvalue weighted by molar-refractivity contribution is 0.0984. The predicted molar refractivity (Wildman–Crippen MR) is 153 cm³/mol. The van der Waals surface area contributed by atoms with Crippen molar-refractivity contribution in [2.45, 2.75) is 53.2 Å². The van der Waals surface area contributed by atoms with Crippen LogP contribution in [0.25, 0.3) is 11.3 Å². The standard InChI is InChI=1S/C29H32N6O3S/c1-5-34-14-17(13-30-34)31-26-28(38)33(4)15-22(32-26)18-7-6-8-23(21(18)16-36)35-10-9-19-20-11-29(2,3)12-24(20)39-25(19)27(35)37/h6-8,13-15,36H,5,9-12,16H2,1-4H3,(H,31,32). The summed E-state index contributed by atoms with van der Waals surface area (Å²) in [6, 6.07) is 5.61. The van der Waals surface area contributed by atoms with Crippen molar-refractivity contribution in [1.82, 2.24) is 19.3 Å². The Morgan fingerprint density at radius 3 is 2.72 bits per heavy atom. The van der Waals surface area contributed by atoms with E-state index in [0.717, 1.165) is 24.1 Å². The third-order valence-electron chi connectivity index (χ3n) is 7.69. The van der Waals surface area contributed by atoms with E-state index < -0.39 is 0 Å². The number of benzene rings is 1. The summed E-state index contributed by atoms with van der Waals surface area (Å²) < 4.78 is 3.23. The summed E-state index contributed by atoms with van der Waals surface area (Å²) in [5, 5.41) is 17.9. The fourth-order valence-corrected chi connectivity index (χ4v) is 7.35. The molecule has 4 aromatic rings. The molecule has 1 aliphatic heterocycles. The lowest BCUT2D eigenvalue weighted by atomic mass is 9.89. The van der Waals surface area contributed by atoms with Gasteiger partial charge in [-0.05, 0) is 48.8 Å². The number of thiophene rings is 1. The van der Waals surface area contributed by atoms with Gasteiger partial charge < -0.3 is 19.9 Å². The van der Waals surface area contributed by atoms with Crippen LogP contribution in [0, 0.1) is 5.41 Å². The van der Waals surface area contributed by atoms with E-state index in [1.807, 2.05) is 31.3 Å². The van der Waals surface area contributed by atoms with Gasteiger partial charge in [-0.1, -0.05) is 26.0 Å². The maximum absolute atomic E-state index is 13.8. The summed E-state index contributed by atoms with van der Waals surface area (Å²) in [6.45, 7) is 7.55. The number of anilines is 3. The average molecular weight is 545 g/mol. The molecule has 10 heteroatoms. The van der Waals surface area contributed by atoms with Gasteiger partial charge in [0.25, 0.3) is 11.5 Å². The SMILES string of the molecule is CCn1cc(Nc2nc(-c3cccc(N4CCc5c(sc6c5CC(C)(C)C6)C4=O)c3CO)cn(C)c2=O)cn1. The summed E-state index contributed by atoms with van der Waals surface area (Å²) in [5.41, 5.74) is 5.70. The number of nitrogens with one attached hydrogen (secondary N) is 1. The van der Waals surface area contributed by atoms with Gasteiger partial charge in [0, 0.05) is 48.5 Å². The maximum Gasteiger partial charge on any atom is 0.293 e. The van der Waals surface area contributed by atoms with Crippen LogP contribution < -0.4 is 15.8 Å². The zero-order valence-corrected chi connectivity index (χ0v) is 23.4. The second kappa shape index (κ2) is 9.46. The number of aliphatic hydroxyl groups is 1. The zero-order chi connectivity index (χ0) is 27.5. The molecule has 0 fully saturated rings. The van der Waals surface area contributed by atoms with Gasteiger partial charge in [0.1, 0.15) is 0 Å². The second-order valence-corrected chi connectivity index (χ2v) is 12.2. The van der Waals surface area contributed by atoms with Crippen LogP contribution in [0.3, 0.4) is 0 Å². The monoisotopic (exact) mass is 544 g/mol. The van der Waals surface area contributed by atoms with E-state index in [4.69, 9.17) is 0 Å². The number of hydrogen-bond acceptors (Lipinski definition) is 7. The van der Waals surface area contributed by atoms with Crippen molar-refractivity contribution >= 4 is 34.4 Å². The van der Waals surface area contributed by atoms with Crippen molar-refractivity contribution in [2.75, 3.05) is 16.8 Å². The average Bonchev–Trinajstić information content (AvgIpc) is 3.59. The van der Waals surface area contributed by atoms with Crippen LogP contribution in [0.2, 0.25) is 0 Å². The first-order chi connectivity index (χ1) is 18.7. The first-order valence-electron chi connectivity index (χ1n) is 13.2. The summed E-state index contributed by atoms with van der Waals surface area (Å²) in [7, 11) is 1.67. The number of carbonyl (C=O) groups excluding carboxylic acids is 1. The summed E-state index contributed by atoms with van der Waals surface area (Å²) in [6.07, 6.45) is 7.95. The third-order valence-corrected chi connectivity index (χ3v) is 8.95. The number of amides is 1. The van der Waals surface area contributed by atoms with Crippen molar-refractivity contribution in [3.63, 3.8) is 0 Å². The first kappa shape index (κ1) is 25.5. The lowest BCUT2D eigenvalue weighted by Crippen LogP contribution is -2.37. The van der Waals surface area contributed by atoms with Crippen molar-refractivity contribution in [3.8, 4) is 11.3 Å². The van der Waals surface area contributed by atoms with Crippen LogP contribution >= 0.6 is 11.3 Å². The predicted octanol–water partition coefficient (Wildman–Crippen LogP) is 4.29. The number of aryl methyl sites for hydroxylation is 2. The molecule has 6 rings (SSSR count). The number of fused-ring (bicyclic) bond motifs is 3. The largest absolute Gasteiger partial charge is 0.392 e. The molecule has 0 unspecified atom stereocenters. The van der Waals surface area contributed by atoms with Gasteiger partial charge in [-0.25, -0.2) is 4.98 Å². The smallest absolute Gasteiger partial charge is 0.293 e. The highest BCUT2D eigenvalue weighted by atomic mass is 32.1. The molecule has 39 heavy (non-hydrogen) atoms. The summed E-state index contributed by atoms with van der Waals surface area (Å²) in [4.78, 5) is 35.2. The fraction of sp³-hybridized carbons (Fsp3) is 0.379. The molecule has 3 aromatic heterocycles. The number of carbonyl (C=O) groups is 1. The highest BCUT2D eigenvalue weighted by Crippen LogP contribution is 2.46. The highest BCUT2D eigenvalue weighted by molar-refractivity contribution is 7.14. The molecule has 0 saturated carbocycles. The number of nitrogens with zero attached hydrogens (tertiary/aromatic N) is 5. The van der Waals surface area contributed by atoms with E-state index in [1.54, 1.807) is 40.4 Å². The lowest BCUT2D eigenvalue weighted by Gasteiger charge is -2.30. The third kappa shape index (κ3) is 4.37. The molecular formula is C29H32N6O3S. The molecule has 0 bridgehead atoms. The second-order valence-electron chi connectivity index (χ2n) is 11.1. The fourth-order valence-electron chi connectivity index (χ4n) is 5.78. The van der Waals surface area contributed by atoms with Crippen LogP contribution in [0.15, 0.2) is 41.6 Å². The van der Waals surface area contributed by atoms with Crippen LogP contribution in [-0.2, 0) is 39.5 Å². The molecule has 2 aliphatic rings. The minimum absolute atomic E-state index is 0.0102. The van der Waals surface area contributed by atoms with Crippen molar-refractivity contribution in [2.24, 2.45) is 12.5 Å². The Morgan fingerprint density at radius 1 is 1.15 bits per heavy atom. The van der Waals surface area contributed by atoms with E-state index in [-0.39, 0.29) is 29.3 Å². The molecule has 0 radical (unpaired) electrons. The first-order valence-corrected chi connectivity index (χ1v) is 14.1. The van der Waals surface area contributed by atoms with Gasteiger partial charge in [0.05, 0.1) is 34.7 Å². The minimum atomic E-state index is -0.280. The molecule has 1 aliphatic carbocycles.